The molecule has 0 saturated heterocycles. The molecule has 28 heavy (non-hydrogen) atoms. The molecule has 0 spiro atoms. The standard InChI is InChI=1S/C24H22N2O2/c1-26(17-18-28-23-13-6-3-7-14-23)24(27)25-22-12-8-11-21(19-22)16-15-20-9-4-2-5-10-20/h2-14,19H,17-18H2,1H3,(H,25,27). The zero-order valence-electron chi connectivity index (χ0n) is 15.8. The molecule has 0 heterocycles. The lowest BCUT2D eigenvalue weighted by Crippen LogP contribution is -2.34. The molecule has 2 amide bonds. The molecular weight excluding hydrogens is 348 g/mol. The number of benzene rings is 3. The number of carbonyl (C=O) groups is 1. The maximum atomic E-state index is 12.4. The van der Waals surface area contributed by atoms with Crippen molar-refractivity contribution in [3.05, 3.63) is 96.1 Å². The Morgan fingerprint density at radius 2 is 1.54 bits per heavy atom. The molecule has 4 heteroatoms. The molecule has 1 N–H and O–H groups in total. The van der Waals surface area contributed by atoms with Gasteiger partial charge in [0.25, 0.3) is 0 Å². The second-order valence-electron chi connectivity index (χ2n) is 6.21. The molecule has 0 saturated carbocycles. The van der Waals surface area contributed by atoms with Crippen LogP contribution in [0.1, 0.15) is 11.1 Å². The summed E-state index contributed by atoms with van der Waals surface area (Å²) in [6, 6.07) is 26.7. The first-order valence-corrected chi connectivity index (χ1v) is 9.08. The van der Waals surface area contributed by atoms with Gasteiger partial charge in [0.15, 0.2) is 0 Å². The number of likely N-dealkylation sites (N-methyl/N-ethyl adjacent to an activating group) is 1. The Bertz CT molecular complexity index is 960. The number of carbonyl (C=O) groups excluding carboxylic acids is 1. The van der Waals surface area contributed by atoms with Crippen molar-refractivity contribution in [3.63, 3.8) is 0 Å². The SMILES string of the molecule is CN(CCOc1ccccc1)C(=O)Nc1cccc(C#Cc2ccccc2)c1. The van der Waals surface area contributed by atoms with Crippen LogP contribution in [-0.2, 0) is 0 Å². The minimum atomic E-state index is -0.190. The van der Waals surface area contributed by atoms with Crippen LogP contribution in [0.25, 0.3) is 0 Å². The second-order valence-corrected chi connectivity index (χ2v) is 6.21. The van der Waals surface area contributed by atoms with Gasteiger partial charge in [0, 0.05) is 23.9 Å². The minimum absolute atomic E-state index is 0.190. The van der Waals surface area contributed by atoms with Gasteiger partial charge in [-0.1, -0.05) is 54.3 Å². The Kier molecular flexibility index (Phi) is 6.70. The van der Waals surface area contributed by atoms with E-state index in [9.17, 15) is 4.79 Å². The predicted octanol–water partition coefficient (Wildman–Crippen LogP) is 4.63. The van der Waals surface area contributed by atoms with Crippen LogP contribution >= 0.6 is 0 Å². The van der Waals surface area contributed by atoms with Crippen LogP contribution in [0, 0.1) is 11.8 Å². The first-order chi connectivity index (χ1) is 13.7. The van der Waals surface area contributed by atoms with Crippen LogP contribution in [0.3, 0.4) is 0 Å². The van der Waals surface area contributed by atoms with Crippen molar-refractivity contribution in [2.45, 2.75) is 0 Å². The summed E-state index contributed by atoms with van der Waals surface area (Å²) in [7, 11) is 1.74. The summed E-state index contributed by atoms with van der Waals surface area (Å²) >= 11 is 0. The average molecular weight is 370 g/mol. The van der Waals surface area contributed by atoms with Crippen LogP contribution in [0.4, 0.5) is 10.5 Å². The van der Waals surface area contributed by atoms with Gasteiger partial charge >= 0.3 is 6.03 Å². The van der Waals surface area contributed by atoms with E-state index in [-0.39, 0.29) is 6.03 Å². The molecule has 0 radical (unpaired) electrons. The fourth-order valence-corrected chi connectivity index (χ4v) is 2.48. The highest BCUT2D eigenvalue weighted by Crippen LogP contribution is 2.11. The summed E-state index contributed by atoms with van der Waals surface area (Å²) in [5.41, 5.74) is 2.51. The van der Waals surface area contributed by atoms with Gasteiger partial charge in [-0.15, -0.1) is 0 Å². The molecule has 0 aliphatic carbocycles. The van der Waals surface area contributed by atoms with Gasteiger partial charge in [0.1, 0.15) is 12.4 Å². The molecule has 0 unspecified atom stereocenters. The van der Waals surface area contributed by atoms with Crippen molar-refractivity contribution in [2.24, 2.45) is 0 Å². The predicted molar refractivity (Wildman–Crippen MR) is 112 cm³/mol. The maximum Gasteiger partial charge on any atom is 0.321 e. The average Bonchev–Trinajstić information content (AvgIpc) is 2.74. The quantitative estimate of drug-likeness (QED) is 0.666. The Labute approximate surface area is 165 Å². The van der Waals surface area contributed by atoms with Crippen molar-refractivity contribution in [1.29, 1.82) is 0 Å². The fraction of sp³-hybridized carbons (Fsp3) is 0.125. The zero-order valence-corrected chi connectivity index (χ0v) is 15.8. The highest BCUT2D eigenvalue weighted by atomic mass is 16.5. The van der Waals surface area contributed by atoms with Gasteiger partial charge in [-0.25, -0.2) is 4.79 Å². The molecule has 0 atom stereocenters. The Morgan fingerprint density at radius 1 is 0.893 bits per heavy atom. The van der Waals surface area contributed by atoms with Gasteiger partial charge < -0.3 is 15.0 Å². The van der Waals surface area contributed by atoms with Crippen LogP contribution in [0.2, 0.25) is 0 Å². The summed E-state index contributed by atoms with van der Waals surface area (Å²) in [5.74, 6) is 7.03. The highest BCUT2D eigenvalue weighted by Gasteiger charge is 2.09. The summed E-state index contributed by atoms with van der Waals surface area (Å²) in [4.78, 5) is 14.0. The largest absolute Gasteiger partial charge is 0.492 e. The van der Waals surface area contributed by atoms with Gasteiger partial charge in [-0.2, -0.15) is 0 Å². The number of nitrogens with one attached hydrogen (secondary N) is 1. The highest BCUT2D eigenvalue weighted by molar-refractivity contribution is 5.89. The second kappa shape index (κ2) is 9.84. The number of anilines is 1. The van der Waals surface area contributed by atoms with Crippen LogP contribution in [0.5, 0.6) is 5.75 Å². The molecule has 4 nitrogen and oxygen atoms in total. The topological polar surface area (TPSA) is 41.6 Å². The maximum absolute atomic E-state index is 12.4. The molecule has 3 aromatic carbocycles. The van der Waals surface area contributed by atoms with E-state index in [4.69, 9.17) is 4.74 Å². The van der Waals surface area contributed by atoms with Crippen molar-refractivity contribution in [3.8, 4) is 17.6 Å². The van der Waals surface area contributed by atoms with Crippen molar-refractivity contribution >= 4 is 11.7 Å². The number of amides is 2. The molecule has 0 bridgehead atoms. The summed E-state index contributed by atoms with van der Waals surface area (Å²) in [6.07, 6.45) is 0. The first kappa shape index (κ1) is 19.1. The van der Waals surface area contributed by atoms with Crippen LogP contribution < -0.4 is 10.1 Å². The molecule has 0 aliphatic rings. The molecule has 3 aromatic rings. The van der Waals surface area contributed by atoms with Gasteiger partial charge in [0.2, 0.25) is 0 Å². The van der Waals surface area contributed by atoms with Gasteiger partial charge in [-0.3, -0.25) is 0 Å². The van der Waals surface area contributed by atoms with E-state index in [1.54, 1.807) is 11.9 Å². The third-order valence-corrected chi connectivity index (χ3v) is 4.02. The smallest absolute Gasteiger partial charge is 0.321 e. The van der Waals surface area contributed by atoms with Crippen molar-refractivity contribution in [2.75, 3.05) is 25.5 Å². The fourth-order valence-electron chi connectivity index (χ4n) is 2.48. The monoisotopic (exact) mass is 370 g/mol. The molecule has 3 rings (SSSR count). The van der Waals surface area contributed by atoms with E-state index in [2.05, 4.69) is 17.2 Å². The van der Waals surface area contributed by atoms with Crippen molar-refractivity contribution < 1.29 is 9.53 Å². The lowest BCUT2D eigenvalue weighted by Gasteiger charge is -2.18. The summed E-state index contributed by atoms with van der Waals surface area (Å²) in [6.45, 7) is 0.907. The van der Waals surface area contributed by atoms with E-state index in [0.29, 0.717) is 18.8 Å². The van der Waals surface area contributed by atoms with E-state index in [1.807, 2.05) is 84.9 Å². The molecule has 140 valence electrons. The molecule has 0 fully saturated rings. The summed E-state index contributed by atoms with van der Waals surface area (Å²) in [5, 5.41) is 2.89. The number of urea groups is 1. The van der Waals surface area contributed by atoms with E-state index in [1.165, 1.54) is 0 Å². The molecular formula is C24H22N2O2. The first-order valence-electron chi connectivity index (χ1n) is 9.08. The summed E-state index contributed by atoms with van der Waals surface area (Å²) < 4.78 is 5.63. The minimum Gasteiger partial charge on any atom is -0.492 e. The number of rotatable bonds is 5. The lowest BCUT2D eigenvalue weighted by molar-refractivity contribution is 0.207. The Balaban J connectivity index is 1.53. The molecule has 0 aromatic heterocycles. The van der Waals surface area contributed by atoms with Gasteiger partial charge in [0.05, 0.1) is 6.54 Å². The van der Waals surface area contributed by atoms with E-state index < -0.39 is 0 Å². The Morgan fingerprint density at radius 3 is 2.29 bits per heavy atom. The van der Waals surface area contributed by atoms with E-state index >= 15 is 0 Å². The number of para-hydroxylation sites is 1. The van der Waals surface area contributed by atoms with Crippen LogP contribution in [-0.4, -0.2) is 31.1 Å². The third kappa shape index (κ3) is 5.93. The number of hydrogen-bond donors (Lipinski definition) is 1. The zero-order chi connectivity index (χ0) is 19.6. The van der Waals surface area contributed by atoms with Crippen LogP contribution in [0.15, 0.2) is 84.9 Å². The number of ether oxygens (including phenoxy) is 1. The lowest BCUT2D eigenvalue weighted by atomic mass is 10.1. The Hall–Kier alpha value is -3.71. The van der Waals surface area contributed by atoms with Gasteiger partial charge in [-0.05, 0) is 42.5 Å². The molecule has 0 aliphatic heterocycles. The number of hydrogen-bond acceptors (Lipinski definition) is 2. The van der Waals surface area contributed by atoms with Crippen molar-refractivity contribution in [1.82, 2.24) is 4.90 Å². The normalized spacial score (nSPS) is 9.75. The van der Waals surface area contributed by atoms with E-state index in [0.717, 1.165) is 16.9 Å². The number of nitrogens with zero attached hydrogens (tertiary/aromatic N) is 1. The third-order valence-electron chi connectivity index (χ3n) is 4.02.